The summed E-state index contributed by atoms with van der Waals surface area (Å²) in [4.78, 5) is 75.7. The molecule has 0 aliphatic carbocycles. The van der Waals surface area contributed by atoms with Gasteiger partial charge in [0.1, 0.15) is 23.7 Å². The third-order valence-electron chi connectivity index (χ3n) is 6.39. The number of para-hydroxylation sites is 1. The number of hydrogen-bond donors (Lipinski definition) is 4. The molecule has 220 valence electrons. The minimum atomic E-state index is -4.08. The van der Waals surface area contributed by atoms with Gasteiger partial charge in [-0.1, -0.05) is 18.2 Å². The van der Waals surface area contributed by atoms with Gasteiger partial charge in [-0.05, 0) is 11.6 Å². The fraction of sp³-hybridized carbons (Fsp3) is 0.391. The monoisotopic (exact) mass is 610 g/mol. The molecule has 1 aromatic carbocycles. The molecule has 2 saturated heterocycles. The van der Waals surface area contributed by atoms with Crippen molar-refractivity contribution in [3.63, 3.8) is 0 Å². The summed E-state index contributed by atoms with van der Waals surface area (Å²) in [5.74, 6) is -3.00. The lowest BCUT2D eigenvalue weighted by atomic mass is 10.0. The standard InChI is InChI=1S/C23H26N6O10S2/c1-12(30)39-10-14-11-40-20-17(19(32)29(20)18(14)21(33)34)26-16(31)9-13-5-3-4-6-15(13)25-22(35)27-7-8-28(23(27)36)41(37,38)24-2/h3-6,17,20,24H,7-11H2,1-2H3,(H,25,35)(H,26,31)(H,33,34)/t17?,20-/m1/s1. The summed E-state index contributed by atoms with van der Waals surface area (Å²) < 4.78 is 31.4. The fourth-order valence-corrected chi connectivity index (χ4v) is 6.57. The van der Waals surface area contributed by atoms with E-state index in [1.807, 2.05) is 4.72 Å². The van der Waals surface area contributed by atoms with Gasteiger partial charge >= 0.3 is 34.2 Å². The van der Waals surface area contributed by atoms with Crippen molar-refractivity contribution in [2.45, 2.75) is 24.8 Å². The number of thioether (sulfide) groups is 1. The van der Waals surface area contributed by atoms with Crippen LogP contribution in [0, 0.1) is 0 Å². The van der Waals surface area contributed by atoms with Crippen molar-refractivity contribution in [1.82, 2.24) is 24.1 Å². The van der Waals surface area contributed by atoms with Crippen LogP contribution in [0.3, 0.4) is 0 Å². The van der Waals surface area contributed by atoms with Gasteiger partial charge in [0.05, 0.1) is 19.5 Å². The normalized spacial score (nSPS) is 20.4. The van der Waals surface area contributed by atoms with Crippen LogP contribution in [0.25, 0.3) is 0 Å². The number of carbonyl (C=O) groups excluding carboxylic acids is 5. The van der Waals surface area contributed by atoms with Crippen molar-refractivity contribution in [1.29, 1.82) is 0 Å². The van der Waals surface area contributed by atoms with Crippen LogP contribution in [0.4, 0.5) is 15.3 Å². The number of esters is 1. The second kappa shape index (κ2) is 11.8. The summed E-state index contributed by atoms with van der Waals surface area (Å²) in [6.45, 7) is 0.505. The van der Waals surface area contributed by atoms with E-state index in [1.54, 1.807) is 18.2 Å². The Bertz CT molecular complexity index is 1460. The topological polar surface area (TPSA) is 212 Å². The molecule has 2 fully saturated rings. The fourth-order valence-electron chi connectivity index (χ4n) is 4.40. The molecule has 4 rings (SSSR count). The Balaban J connectivity index is 1.40. The van der Waals surface area contributed by atoms with Crippen LogP contribution in [-0.2, 0) is 40.5 Å². The maximum atomic E-state index is 12.9. The zero-order valence-electron chi connectivity index (χ0n) is 21.8. The number of carbonyl (C=O) groups is 6. The molecule has 3 heterocycles. The molecule has 1 unspecified atom stereocenters. The summed E-state index contributed by atoms with van der Waals surface area (Å²) in [7, 11) is -2.94. The van der Waals surface area contributed by atoms with Crippen molar-refractivity contribution in [3.05, 3.63) is 41.1 Å². The molecule has 1 aromatic rings. The first kappa shape index (κ1) is 29.8. The number of anilines is 1. The number of nitrogens with one attached hydrogen (secondary N) is 3. The summed E-state index contributed by atoms with van der Waals surface area (Å²) in [5.41, 5.74) is 0.519. The number of aliphatic carboxylic acids is 1. The first-order valence-electron chi connectivity index (χ1n) is 12.1. The van der Waals surface area contributed by atoms with Gasteiger partial charge < -0.3 is 20.5 Å². The number of benzene rings is 1. The lowest BCUT2D eigenvalue weighted by Crippen LogP contribution is -2.70. The van der Waals surface area contributed by atoms with Gasteiger partial charge in [-0.3, -0.25) is 19.3 Å². The van der Waals surface area contributed by atoms with E-state index < -0.39 is 57.4 Å². The number of amides is 6. The SMILES string of the molecule is CNS(=O)(=O)N1CCN(C(=O)Nc2ccccc2CC(=O)NC2C(=O)N3C(C(=O)O)=C(COC(C)=O)CS[C@H]23)C1=O. The van der Waals surface area contributed by atoms with Crippen LogP contribution < -0.4 is 15.4 Å². The van der Waals surface area contributed by atoms with Gasteiger partial charge in [-0.15, -0.1) is 11.8 Å². The lowest BCUT2D eigenvalue weighted by molar-refractivity contribution is -0.151. The first-order valence-corrected chi connectivity index (χ1v) is 14.6. The zero-order valence-corrected chi connectivity index (χ0v) is 23.4. The van der Waals surface area contributed by atoms with E-state index in [9.17, 15) is 42.3 Å². The number of nitrogens with zero attached hydrogens (tertiary/aromatic N) is 3. The molecule has 0 bridgehead atoms. The minimum Gasteiger partial charge on any atom is -0.477 e. The number of urea groups is 2. The number of carboxylic acid groups (broad SMARTS) is 1. The minimum absolute atomic E-state index is 0.173. The Kier molecular flexibility index (Phi) is 8.55. The molecule has 16 nitrogen and oxygen atoms in total. The van der Waals surface area contributed by atoms with Crippen molar-refractivity contribution in [2.24, 2.45) is 0 Å². The molecule has 4 N–H and O–H groups in total. The van der Waals surface area contributed by atoms with Gasteiger partial charge in [0.15, 0.2) is 0 Å². The Hall–Kier alpha value is -4.16. The molecular formula is C23H26N6O10S2. The van der Waals surface area contributed by atoms with Gasteiger partial charge in [-0.25, -0.2) is 28.3 Å². The second-order valence-electron chi connectivity index (χ2n) is 8.97. The van der Waals surface area contributed by atoms with E-state index in [0.29, 0.717) is 9.87 Å². The number of carboxylic acids is 1. The van der Waals surface area contributed by atoms with E-state index in [-0.39, 0.29) is 48.8 Å². The average molecular weight is 611 g/mol. The molecule has 0 radical (unpaired) electrons. The molecule has 6 amide bonds. The van der Waals surface area contributed by atoms with Crippen LogP contribution in [0.15, 0.2) is 35.5 Å². The molecule has 0 spiro atoms. The van der Waals surface area contributed by atoms with Crippen molar-refractivity contribution < 1.29 is 47.0 Å². The van der Waals surface area contributed by atoms with E-state index in [1.165, 1.54) is 24.8 Å². The highest BCUT2D eigenvalue weighted by molar-refractivity contribution is 8.00. The maximum Gasteiger partial charge on any atom is 0.352 e. The van der Waals surface area contributed by atoms with Gasteiger partial charge in [0.25, 0.3) is 5.91 Å². The van der Waals surface area contributed by atoms with Gasteiger partial charge in [0.2, 0.25) is 5.91 Å². The second-order valence-corrected chi connectivity index (χ2v) is 11.9. The smallest absolute Gasteiger partial charge is 0.352 e. The van der Waals surface area contributed by atoms with Crippen LogP contribution in [0.5, 0.6) is 0 Å². The summed E-state index contributed by atoms with van der Waals surface area (Å²) in [6.07, 6.45) is -0.273. The van der Waals surface area contributed by atoms with Crippen LogP contribution in [0.2, 0.25) is 0 Å². The molecule has 41 heavy (non-hydrogen) atoms. The highest BCUT2D eigenvalue weighted by atomic mass is 32.2. The Morgan fingerprint density at radius 3 is 2.51 bits per heavy atom. The third-order valence-corrected chi connectivity index (χ3v) is 9.16. The molecule has 18 heteroatoms. The molecule has 3 aliphatic rings. The van der Waals surface area contributed by atoms with Gasteiger partial charge in [0, 0.05) is 31.0 Å². The lowest BCUT2D eigenvalue weighted by Gasteiger charge is -2.49. The summed E-state index contributed by atoms with van der Waals surface area (Å²) >= 11 is 1.22. The summed E-state index contributed by atoms with van der Waals surface area (Å²) in [6, 6.07) is 3.32. The summed E-state index contributed by atoms with van der Waals surface area (Å²) in [5, 5.41) is 14.1. The largest absolute Gasteiger partial charge is 0.477 e. The van der Waals surface area contributed by atoms with Crippen LogP contribution in [0.1, 0.15) is 12.5 Å². The van der Waals surface area contributed by atoms with E-state index in [0.717, 1.165) is 16.8 Å². The maximum absolute atomic E-state index is 12.9. The molecular weight excluding hydrogens is 584 g/mol. The highest BCUT2D eigenvalue weighted by Crippen LogP contribution is 2.40. The first-order chi connectivity index (χ1) is 19.4. The number of β-lactam (4-membered cyclic amide) rings is 1. The van der Waals surface area contributed by atoms with E-state index >= 15 is 0 Å². The number of hydrogen-bond acceptors (Lipinski definition) is 10. The predicted octanol–water partition coefficient (Wildman–Crippen LogP) is -0.735. The van der Waals surface area contributed by atoms with Crippen LogP contribution >= 0.6 is 11.8 Å². The van der Waals surface area contributed by atoms with Crippen LogP contribution in [-0.4, -0.2) is 107 Å². The van der Waals surface area contributed by atoms with Crippen molar-refractivity contribution in [2.75, 3.05) is 37.8 Å². The quantitative estimate of drug-likeness (QED) is 0.202. The zero-order chi connectivity index (χ0) is 30.1. The van der Waals surface area contributed by atoms with E-state index in [4.69, 9.17) is 4.74 Å². The van der Waals surface area contributed by atoms with E-state index in [2.05, 4.69) is 10.6 Å². The molecule has 3 aliphatic heterocycles. The predicted molar refractivity (Wildman–Crippen MR) is 142 cm³/mol. The van der Waals surface area contributed by atoms with Crippen molar-refractivity contribution >= 4 is 63.5 Å². The Morgan fingerprint density at radius 1 is 1.15 bits per heavy atom. The van der Waals surface area contributed by atoms with Gasteiger partial charge in [-0.2, -0.15) is 8.42 Å². The van der Waals surface area contributed by atoms with Crippen molar-refractivity contribution in [3.8, 4) is 0 Å². The average Bonchev–Trinajstić information content (AvgIpc) is 3.33. The molecule has 0 saturated carbocycles. The Morgan fingerprint density at radius 2 is 1.85 bits per heavy atom. The molecule has 0 aromatic heterocycles. The number of rotatable bonds is 9. The highest BCUT2D eigenvalue weighted by Gasteiger charge is 2.54. The third kappa shape index (κ3) is 5.98. The number of fused-ring (bicyclic) bond motifs is 1. The molecule has 2 atom stereocenters. The Labute approximate surface area is 238 Å². The number of imide groups is 1. The number of ether oxygens (including phenoxy) is 1.